The van der Waals surface area contributed by atoms with E-state index < -0.39 is 35.9 Å². The Morgan fingerprint density at radius 3 is 2.95 bits per heavy atom. The maximum Gasteiger partial charge on any atom is 0.353 e. The number of aliphatic imine (C=N–C) groups is 1. The van der Waals surface area contributed by atoms with Crippen molar-refractivity contribution >= 4 is 81.6 Å². The number of hydrogen-bond acceptors (Lipinski definition) is 13. The molecule has 18 heteroatoms. The Balaban J connectivity index is 1.49. The van der Waals surface area contributed by atoms with Crippen molar-refractivity contribution in [2.75, 3.05) is 37.1 Å². The molecule has 2 aliphatic heterocycles. The number of nitrogens with zero attached hydrogens (tertiary/aromatic N) is 5. The highest BCUT2D eigenvalue weighted by atomic mass is 32.2. The third-order valence-corrected chi connectivity index (χ3v) is 9.87. The quantitative estimate of drug-likeness (QED) is 0.0765. The van der Waals surface area contributed by atoms with Gasteiger partial charge in [-0.3, -0.25) is 24.5 Å². The molecule has 0 bridgehead atoms. The number of hydrogen-bond donors (Lipinski definition) is 4. The molecule has 1 fully saturated rings. The lowest BCUT2D eigenvalue weighted by Crippen LogP contribution is -2.71. The van der Waals surface area contributed by atoms with Crippen molar-refractivity contribution in [2.45, 2.75) is 22.1 Å². The van der Waals surface area contributed by atoms with Crippen molar-refractivity contribution in [3.63, 3.8) is 0 Å². The number of carboxylic acid groups (broad SMARTS) is 1. The molecule has 2 aromatic rings. The van der Waals surface area contributed by atoms with Crippen molar-refractivity contribution in [3.05, 3.63) is 45.7 Å². The van der Waals surface area contributed by atoms with Crippen LogP contribution in [0.4, 0.5) is 9.52 Å². The third kappa shape index (κ3) is 7.30. The Kier molecular flexibility index (Phi) is 10.8. The van der Waals surface area contributed by atoms with E-state index in [1.165, 1.54) is 40.1 Å². The maximum atomic E-state index is 13.2. The van der Waals surface area contributed by atoms with Crippen LogP contribution in [0.5, 0.6) is 0 Å². The fraction of sp³-hybridized carbons (Fsp3) is 0.348. The molecule has 4 rings (SSSR count). The highest BCUT2D eigenvalue weighted by Gasteiger charge is 2.54. The standard InChI is InChI=1S/C23H25FN8O5S4/c24-2-5-37-31-16(13-9-40-23(26)29-13)19(33)30-17-20(34)32-18(22(35)36)15(10-39-21(17)32)41-14-1-3-27-7-12(14)8-38-6-4-28-11-25/h1,3,7,9,11,17,21H,2,4-6,8,10H2,(H2,25,28)(H2,26,29)(H,30,33)(H,35,36)/b31-16-/t17-,21+/m1/s1. The van der Waals surface area contributed by atoms with Gasteiger partial charge in [0.1, 0.15) is 36.1 Å². The van der Waals surface area contributed by atoms with E-state index in [-0.39, 0.29) is 28.8 Å². The number of rotatable bonds is 14. The van der Waals surface area contributed by atoms with Crippen molar-refractivity contribution in [1.82, 2.24) is 20.2 Å². The molecule has 41 heavy (non-hydrogen) atoms. The van der Waals surface area contributed by atoms with Gasteiger partial charge in [0.05, 0.1) is 6.34 Å². The SMILES string of the molecule is NC=NCCSCc1cnccc1SC1=C(C(=O)O)N2C(=O)[C@@H](NC(=O)/C(=N\OCCF)c3csc(N)n3)[C@@H]2SC1. The molecule has 2 aliphatic rings. The summed E-state index contributed by atoms with van der Waals surface area (Å²) in [6.45, 7) is -0.611. The first-order valence-electron chi connectivity index (χ1n) is 11.9. The van der Waals surface area contributed by atoms with E-state index in [1.54, 1.807) is 30.2 Å². The van der Waals surface area contributed by atoms with Crippen LogP contribution in [0.1, 0.15) is 11.3 Å². The van der Waals surface area contributed by atoms with E-state index in [0.717, 1.165) is 27.5 Å². The van der Waals surface area contributed by atoms with Crippen molar-refractivity contribution < 1.29 is 28.7 Å². The molecule has 4 heterocycles. The summed E-state index contributed by atoms with van der Waals surface area (Å²) in [7, 11) is 0. The number of aliphatic carboxylic acids is 1. The Morgan fingerprint density at radius 2 is 2.24 bits per heavy atom. The van der Waals surface area contributed by atoms with Crippen LogP contribution in [0.2, 0.25) is 0 Å². The number of carboxylic acids is 1. The van der Waals surface area contributed by atoms with Crippen LogP contribution in [-0.4, -0.2) is 92.6 Å². The number of aromatic nitrogens is 2. The minimum atomic E-state index is -1.25. The summed E-state index contributed by atoms with van der Waals surface area (Å²) >= 11 is 5.31. The first-order valence-corrected chi connectivity index (χ1v) is 15.8. The smallest absolute Gasteiger partial charge is 0.353 e. The number of carbonyl (C=O) groups is 3. The predicted octanol–water partition coefficient (Wildman–Crippen LogP) is 1.52. The van der Waals surface area contributed by atoms with Gasteiger partial charge in [-0.05, 0) is 11.6 Å². The molecule has 0 spiro atoms. The second-order valence-electron chi connectivity index (χ2n) is 8.16. The number of carbonyl (C=O) groups excluding carboxylic acids is 2. The molecule has 1 saturated heterocycles. The van der Waals surface area contributed by atoms with Gasteiger partial charge in [0.2, 0.25) is 0 Å². The molecule has 2 aromatic heterocycles. The van der Waals surface area contributed by atoms with E-state index in [9.17, 15) is 23.9 Å². The van der Waals surface area contributed by atoms with Crippen LogP contribution in [0, 0.1) is 0 Å². The van der Waals surface area contributed by atoms with Gasteiger partial charge < -0.3 is 26.7 Å². The third-order valence-electron chi connectivity index (χ3n) is 5.55. The Labute approximate surface area is 250 Å². The van der Waals surface area contributed by atoms with Crippen LogP contribution in [-0.2, 0) is 25.0 Å². The first-order chi connectivity index (χ1) is 19.8. The molecule has 0 unspecified atom stereocenters. The number of anilines is 1. The van der Waals surface area contributed by atoms with Gasteiger partial charge in [0, 0.05) is 51.4 Å². The summed E-state index contributed by atoms with van der Waals surface area (Å²) in [6, 6.07) is 0.791. The summed E-state index contributed by atoms with van der Waals surface area (Å²) in [6.07, 6.45) is 4.62. The average molecular weight is 641 g/mol. The number of nitrogen functional groups attached to an aromatic ring is 1. The number of β-lactam (4-membered cyclic amide) rings is 1. The average Bonchev–Trinajstić information content (AvgIpc) is 3.39. The number of oxime groups is 1. The van der Waals surface area contributed by atoms with Crippen LogP contribution >= 0.6 is 46.6 Å². The number of thioether (sulfide) groups is 3. The van der Waals surface area contributed by atoms with Gasteiger partial charge in [0.25, 0.3) is 11.8 Å². The molecule has 0 saturated carbocycles. The molecule has 13 nitrogen and oxygen atoms in total. The zero-order chi connectivity index (χ0) is 29.4. The molecule has 2 amide bonds. The molecule has 0 radical (unpaired) electrons. The lowest BCUT2D eigenvalue weighted by Gasteiger charge is -2.49. The van der Waals surface area contributed by atoms with Gasteiger partial charge in [-0.2, -0.15) is 11.8 Å². The first kappa shape index (κ1) is 30.6. The summed E-state index contributed by atoms with van der Waals surface area (Å²) in [5.74, 6) is -0.921. The number of thiazole rings is 1. The summed E-state index contributed by atoms with van der Waals surface area (Å²) in [5, 5.41) is 17.3. The second-order valence-corrected chi connectivity index (χ2v) is 12.4. The zero-order valence-corrected chi connectivity index (χ0v) is 24.5. The molecule has 2 atom stereocenters. The van der Waals surface area contributed by atoms with Crippen LogP contribution in [0.15, 0.2) is 49.5 Å². The molecule has 0 aromatic carbocycles. The normalized spacial score (nSPS) is 18.8. The summed E-state index contributed by atoms with van der Waals surface area (Å²) in [5.41, 5.74) is 11.6. The monoisotopic (exact) mass is 640 g/mol. The van der Waals surface area contributed by atoms with Crippen molar-refractivity contribution in [1.29, 1.82) is 0 Å². The van der Waals surface area contributed by atoms with Crippen molar-refractivity contribution in [3.8, 4) is 0 Å². The Hall–Kier alpha value is -3.35. The highest BCUT2D eigenvalue weighted by Crippen LogP contribution is 2.45. The minimum absolute atomic E-state index is 0.104. The number of halogens is 1. The fourth-order valence-electron chi connectivity index (χ4n) is 3.75. The van der Waals surface area contributed by atoms with E-state index in [4.69, 9.17) is 16.3 Å². The summed E-state index contributed by atoms with van der Waals surface area (Å²) in [4.78, 5) is 58.1. The van der Waals surface area contributed by atoms with Gasteiger partial charge in [-0.1, -0.05) is 16.9 Å². The molecule has 6 N–H and O–H groups in total. The Morgan fingerprint density at radius 1 is 1.41 bits per heavy atom. The largest absolute Gasteiger partial charge is 0.477 e. The van der Waals surface area contributed by atoms with Gasteiger partial charge in [-0.25, -0.2) is 14.2 Å². The number of amides is 2. The van der Waals surface area contributed by atoms with Crippen LogP contribution in [0.25, 0.3) is 0 Å². The number of pyridine rings is 1. The van der Waals surface area contributed by atoms with E-state index in [1.807, 2.05) is 0 Å². The molecular weight excluding hydrogens is 616 g/mol. The zero-order valence-electron chi connectivity index (χ0n) is 21.3. The number of nitrogens with two attached hydrogens (primary N) is 2. The highest BCUT2D eigenvalue weighted by molar-refractivity contribution is 8.06. The molecule has 0 aliphatic carbocycles. The fourth-order valence-corrected chi connectivity index (χ4v) is 7.79. The predicted molar refractivity (Wildman–Crippen MR) is 158 cm³/mol. The van der Waals surface area contributed by atoms with E-state index >= 15 is 0 Å². The summed E-state index contributed by atoms with van der Waals surface area (Å²) < 4.78 is 12.5. The molecular formula is C23H25FN8O5S4. The van der Waals surface area contributed by atoms with Gasteiger partial charge in [-0.15, -0.1) is 23.1 Å². The minimum Gasteiger partial charge on any atom is -0.477 e. The number of nitrogens with one attached hydrogen (secondary N) is 1. The van der Waals surface area contributed by atoms with Crippen LogP contribution < -0.4 is 16.8 Å². The van der Waals surface area contributed by atoms with E-state index in [2.05, 4.69) is 25.4 Å². The van der Waals surface area contributed by atoms with Gasteiger partial charge >= 0.3 is 5.97 Å². The van der Waals surface area contributed by atoms with Crippen LogP contribution in [0.3, 0.4) is 0 Å². The number of fused-ring (bicyclic) bond motifs is 1. The number of alkyl halides is 1. The maximum absolute atomic E-state index is 13.2. The topological polar surface area (TPSA) is 198 Å². The van der Waals surface area contributed by atoms with Gasteiger partial charge in [0.15, 0.2) is 10.8 Å². The molecule has 218 valence electrons. The van der Waals surface area contributed by atoms with Crippen molar-refractivity contribution in [2.24, 2.45) is 15.9 Å². The van der Waals surface area contributed by atoms with E-state index in [0.29, 0.717) is 23.0 Å². The second kappa shape index (κ2) is 14.5. The Bertz CT molecular complexity index is 1390. The lowest BCUT2D eigenvalue weighted by molar-refractivity contribution is -0.150. The lowest BCUT2D eigenvalue weighted by atomic mass is 10.0.